The summed E-state index contributed by atoms with van der Waals surface area (Å²) in [5.41, 5.74) is 1.75. The Balaban J connectivity index is 1.84. The molecule has 2 bridgehead atoms. The van der Waals surface area contributed by atoms with Gasteiger partial charge in [-0.25, -0.2) is 9.48 Å². The Morgan fingerprint density at radius 3 is 3.00 bits per heavy atom. The predicted molar refractivity (Wildman–Crippen MR) is 69.4 cm³/mol. The molecule has 6 heteroatoms. The van der Waals surface area contributed by atoms with Crippen molar-refractivity contribution in [1.82, 2.24) is 19.6 Å². The largest absolute Gasteiger partial charge is 0.320 e. The van der Waals surface area contributed by atoms with E-state index >= 15 is 0 Å². The van der Waals surface area contributed by atoms with Gasteiger partial charge in [-0.1, -0.05) is 0 Å². The molecule has 1 aromatic rings. The van der Waals surface area contributed by atoms with Crippen LogP contribution in [0.3, 0.4) is 0 Å². The van der Waals surface area contributed by atoms with E-state index in [0.717, 1.165) is 17.9 Å². The van der Waals surface area contributed by atoms with Crippen molar-refractivity contribution >= 4 is 17.5 Å². The van der Waals surface area contributed by atoms with Crippen LogP contribution in [0, 0.1) is 0 Å². The summed E-state index contributed by atoms with van der Waals surface area (Å²) in [5.74, 6) is 0.0987. The van der Waals surface area contributed by atoms with Crippen LogP contribution in [0.1, 0.15) is 12.6 Å². The minimum atomic E-state index is 0.0624. The number of carbonyl (C=O) groups is 2. The van der Waals surface area contributed by atoms with Crippen LogP contribution in [0.25, 0.3) is 5.70 Å². The van der Waals surface area contributed by atoms with Crippen LogP contribution in [0.4, 0.5) is 4.79 Å². The van der Waals surface area contributed by atoms with Crippen LogP contribution in [-0.4, -0.2) is 57.6 Å². The number of likely N-dealkylation sites (N-methyl/N-ethyl adjacent to an activating group) is 1. The van der Waals surface area contributed by atoms with Gasteiger partial charge < -0.3 is 9.80 Å². The van der Waals surface area contributed by atoms with Gasteiger partial charge in [0.2, 0.25) is 0 Å². The Hall–Kier alpha value is -2.11. The van der Waals surface area contributed by atoms with Crippen molar-refractivity contribution < 1.29 is 9.59 Å². The van der Waals surface area contributed by atoms with Crippen LogP contribution < -0.4 is 0 Å². The van der Waals surface area contributed by atoms with E-state index in [9.17, 15) is 9.59 Å². The van der Waals surface area contributed by atoms with E-state index in [1.807, 2.05) is 24.2 Å². The molecule has 19 heavy (non-hydrogen) atoms. The molecule has 1 fully saturated rings. The third kappa shape index (κ3) is 2.03. The highest BCUT2D eigenvalue weighted by Crippen LogP contribution is 2.24. The van der Waals surface area contributed by atoms with E-state index in [2.05, 4.69) is 11.2 Å². The van der Waals surface area contributed by atoms with Crippen LogP contribution in [0.15, 0.2) is 18.3 Å². The van der Waals surface area contributed by atoms with Crippen molar-refractivity contribution in [3.8, 4) is 0 Å². The van der Waals surface area contributed by atoms with Gasteiger partial charge >= 0.3 is 6.03 Å². The minimum absolute atomic E-state index is 0.0624. The standard InChI is InChI=1S/C13H16N4O2/c1-9(18)5-10-3-4-17(14-10)12-6-11-7-16(8-12)13(19)15(11)2/h3-4,6,11H,5,7-8H2,1-2H3. The molecule has 1 unspecified atom stereocenters. The Labute approximate surface area is 111 Å². The zero-order valence-corrected chi connectivity index (χ0v) is 11.0. The molecule has 2 amide bonds. The molecule has 1 saturated heterocycles. The normalized spacial score (nSPS) is 21.9. The van der Waals surface area contributed by atoms with Crippen molar-refractivity contribution in [3.63, 3.8) is 0 Å². The maximum absolute atomic E-state index is 11.9. The topological polar surface area (TPSA) is 58.4 Å². The number of carbonyl (C=O) groups excluding carboxylic acids is 2. The second kappa shape index (κ2) is 4.22. The average molecular weight is 260 g/mol. The van der Waals surface area contributed by atoms with Gasteiger partial charge in [0.25, 0.3) is 0 Å². The number of hydrogen-bond donors (Lipinski definition) is 0. The van der Waals surface area contributed by atoms with Crippen LogP contribution in [0.2, 0.25) is 0 Å². The number of amides is 2. The quantitative estimate of drug-likeness (QED) is 0.800. The van der Waals surface area contributed by atoms with E-state index < -0.39 is 0 Å². The first kappa shape index (κ1) is 12.0. The van der Waals surface area contributed by atoms with Crippen molar-refractivity contribution in [3.05, 3.63) is 24.0 Å². The van der Waals surface area contributed by atoms with Crippen LogP contribution in [0.5, 0.6) is 0 Å². The number of ketones is 1. The lowest BCUT2D eigenvalue weighted by atomic mass is 10.2. The van der Waals surface area contributed by atoms with Crippen LogP contribution >= 0.6 is 0 Å². The molecule has 2 aliphatic rings. The Kier molecular flexibility index (Phi) is 2.66. The predicted octanol–water partition coefficient (Wildman–Crippen LogP) is 0.605. The van der Waals surface area contributed by atoms with E-state index in [4.69, 9.17) is 0 Å². The lowest BCUT2D eigenvalue weighted by Crippen LogP contribution is -2.31. The first-order chi connectivity index (χ1) is 9.04. The third-order valence-corrected chi connectivity index (χ3v) is 3.58. The molecule has 100 valence electrons. The molecule has 2 aliphatic heterocycles. The Morgan fingerprint density at radius 1 is 1.53 bits per heavy atom. The molecule has 3 heterocycles. The summed E-state index contributed by atoms with van der Waals surface area (Å²) in [7, 11) is 1.82. The van der Waals surface area contributed by atoms with Crippen molar-refractivity contribution in [1.29, 1.82) is 0 Å². The number of Topliss-reactive ketones (excluding diaryl/α,β-unsaturated/α-hetero) is 1. The fourth-order valence-corrected chi connectivity index (χ4v) is 2.58. The first-order valence-corrected chi connectivity index (χ1v) is 6.31. The molecular weight excluding hydrogens is 244 g/mol. The van der Waals surface area contributed by atoms with E-state index in [-0.39, 0.29) is 17.9 Å². The molecule has 0 radical (unpaired) electrons. The van der Waals surface area contributed by atoms with Gasteiger partial charge in [-0.2, -0.15) is 5.10 Å². The Bertz CT molecular complexity index is 575. The van der Waals surface area contributed by atoms with Gasteiger partial charge in [-0.3, -0.25) is 4.79 Å². The second-order valence-corrected chi connectivity index (χ2v) is 5.13. The lowest BCUT2D eigenvalue weighted by Gasteiger charge is -2.21. The summed E-state index contributed by atoms with van der Waals surface area (Å²) in [6.45, 7) is 2.87. The summed E-state index contributed by atoms with van der Waals surface area (Å²) in [5, 5.41) is 4.39. The number of hydrogen-bond acceptors (Lipinski definition) is 3. The summed E-state index contributed by atoms with van der Waals surface area (Å²) < 4.78 is 1.77. The smallest absolute Gasteiger partial charge is 0.319 e. The number of fused-ring (bicyclic) bond motifs is 2. The maximum atomic E-state index is 11.9. The fraction of sp³-hybridized carbons (Fsp3) is 0.462. The zero-order chi connectivity index (χ0) is 13.6. The van der Waals surface area contributed by atoms with Crippen molar-refractivity contribution in [2.24, 2.45) is 0 Å². The molecule has 0 N–H and O–H groups in total. The van der Waals surface area contributed by atoms with Gasteiger partial charge in [0, 0.05) is 19.8 Å². The lowest BCUT2D eigenvalue weighted by molar-refractivity contribution is -0.116. The number of rotatable bonds is 3. The summed E-state index contributed by atoms with van der Waals surface area (Å²) >= 11 is 0. The third-order valence-electron chi connectivity index (χ3n) is 3.58. The van der Waals surface area contributed by atoms with E-state index in [1.54, 1.807) is 16.5 Å². The highest BCUT2D eigenvalue weighted by Gasteiger charge is 2.37. The van der Waals surface area contributed by atoms with Gasteiger partial charge in [0.1, 0.15) is 5.78 Å². The maximum Gasteiger partial charge on any atom is 0.320 e. The van der Waals surface area contributed by atoms with E-state index in [0.29, 0.717) is 13.0 Å². The SMILES string of the molecule is CC(=O)Cc1ccn(C2=CC3CN(C2)C(=O)N3C)n1. The zero-order valence-electron chi connectivity index (χ0n) is 11.0. The average Bonchev–Trinajstić information content (AvgIpc) is 2.90. The van der Waals surface area contributed by atoms with Gasteiger partial charge in [0.05, 0.1) is 30.4 Å². The first-order valence-electron chi connectivity index (χ1n) is 6.31. The van der Waals surface area contributed by atoms with Crippen molar-refractivity contribution in [2.45, 2.75) is 19.4 Å². The highest BCUT2D eigenvalue weighted by molar-refractivity contribution is 5.81. The van der Waals surface area contributed by atoms with Gasteiger partial charge in [-0.15, -0.1) is 0 Å². The highest BCUT2D eigenvalue weighted by atomic mass is 16.2. The van der Waals surface area contributed by atoms with E-state index in [1.165, 1.54) is 0 Å². The molecule has 3 rings (SSSR count). The molecule has 1 atom stereocenters. The molecule has 0 aliphatic carbocycles. The van der Waals surface area contributed by atoms with Crippen molar-refractivity contribution in [2.75, 3.05) is 20.1 Å². The summed E-state index contributed by atoms with van der Waals surface area (Å²) in [6, 6.07) is 2.03. The molecule has 1 aromatic heterocycles. The van der Waals surface area contributed by atoms with Gasteiger partial charge in [0.15, 0.2) is 0 Å². The molecule has 0 saturated carbocycles. The number of urea groups is 1. The monoisotopic (exact) mass is 260 g/mol. The Morgan fingerprint density at radius 2 is 2.32 bits per heavy atom. The number of aromatic nitrogens is 2. The molecule has 0 aromatic carbocycles. The molecular formula is C13H16N4O2. The second-order valence-electron chi connectivity index (χ2n) is 5.13. The summed E-state index contributed by atoms with van der Waals surface area (Å²) in [4.78, 5) is 26.5. The van der Waals surface area contributed by atoms with Gasteiger partial charge in [-0.05, 0) is 19.1 Å². The fourth-order valence-electron chi connectivity index (χ4n) is 2.58. The number of nitrogens with zero attached hydrogens (tertiary/aromatic N) is 4. The summed E-state index contributed by atoms with van der Waals surface area (Å²) in [6.07, 6.45) is 4.28. The van der Waals surface area contributed by atoms with Crippen LogP contribution in [-0.2, 0) is 11.2 Å². The minimum Gasteiger partial charge on any atom is -0.319 e. The molecule has 6 nitrogen and oxygen atoms in total. The molecule has 0 spiro atoms.